The van der Waals surface area contributed by atoms with Crippen molar-refractivity contribution in [3.63, 3.8) is 0 Å². The van der Waals surface area contributed by atoms with Crippen molar-refractivity contribution in [1.29, 1.82) is 5.26 Å². The van der Waals surface area contributed by atoms with Gasteiger partial charge in [-0.2, -0.15) is 5.26 Å². The number of nitrogens with zero attached hydrogens (tertiary/aromatic N) is 7. The second-order valence-corrected chi connectivity index (χ2v) is 8.75. The molecule has 0 unspecified atom stereocenters. The zero-order valence-electron chi connectivity index (χ0n) is 20.7. The van der Waals surface area contributed by atoms with Crippen molar-refractivity contribution in [3.8, 4) is 40.0 Å². The van der Waals surface area contributed by atoms with Crippen LogP contribution in [0.15, 0.2) is 90.4 Å². The maximum absolute atomic E-state index is 9.54. The number of aryl methyl sites for hydroxylation is 1. The van der Waals surface area contributed by atoms with E-state index in [1.165, 1.54) is 7.11 Å². The second-order valence-electron chi connectivity index (χ2n) is 8.75. The number of ether oxygens (including phenoxy) is 1. The fourth-order valence-electron chi connectivity index (χ4n) is 4.74. The van der Waals surface area contributed by atoms with Crippen LogP contribution in [0.1, 0.15) is 0 Å². The molecule has 0 saturated carbocycles. The standard InChI is InChI=1S/C29H22N8O/c1-36-26-16-33-25-9-8-19(21-12-24(31)28(38-2)34-14-21)11-23(25)27(26)37(29(36)35-17-30)22-10-20(13-32-15-22)18-6-4-3-5-7-18/h3-16H,31H2,1-2H3/b35-29-. The number of methoxy groups -OCH3 is 1. The molecule has 0 saturated heterocycles. The summed E-state index contributed by atoms with van der Waals surface area (Å²) >= 11 is 0. The first-order valence-electron chi connectivity index (χ1n) is 11.8. The Balaban J connectivity index is 1.66. The zero-order chi connectivity index (χ0) is 26.2. The van der Waals surface area contributed by atoms with Gasteiger partial charge in [-0.25, -0.2) is 4.98 Å². The van der Waals surface area contributed by atoms with Crippen molar-refractivity contribution in [3.05, 3.63) is 91.1 Å². The van der Waals surface area contributed by atoms with Crippen molar-refractivity contribution in [2.75, 3.05) is 12.8 Å². The molecule has 0 aliphatic rings. The van der Waals surface area contributed by atoms with Gasteiger partial charge in [0.25, 0.3) is 0 Å². The van der Waals surface area contributed by atoms with Crippen LogP contribution in [0.25, 0.3) is 49.9 Å². The van der Waals surface area contributed by atoms with Crippen LogP contribution in [0.3, 0.4) is 0 Å². The Morgan fingerprint density at radius 2 is 1.71 bits per heavy atom. The number of nitrogen functional groups attached to an aromatic ring is 1. The third kappa shape index (κ3) is 3.72. The van der Waals surface area contributed by atoms with Crippen molar-refractivity contribution >= 4 is 27.6 Å². The third-order valence-electron chi connectivity index (χ3n) is 6.55. The lowest BCUT2D eigenvalue weighted by atomic mass is 10.0. The van der Waals surface area contributed by atoms with Gasteiger partial charge in [0.05, 0.1) is 47.4 Å². The molecule has 38 heavy (non-hydrogen) atoms. The van der Waals surface area contributed by atoms with Crippen molar-refractivity contribution in [2.45, 2.75) is 0 Å². The van der Waals surface area contributed by atoms with Crippen molar-refractivity contribution in [1.82, 2.24) is 24.1 Å². The van der Waals surface area contributed by atoms with Gasteiger partial charge in [-0.05, 0) is 35.4 Å². The Bertz CT molecular complexity index is 1950. The van der Waals surface area contributed by atoms with Crippen LogP contribution in [0.4, 0.5) is 5.69 Å². The van der Waals surface area contributed by atoms with Gasteiger partial charge in [-0.3, -0.25) is 14.5 Å². The summed E-state index contributed by atoms with van der Waals surface area (Å²) in [5, 5.41) is 10.4. The van der Waals surface area contributed by atoms with Gasteiger partial charge in [-0.15, -0.1) is 4.99 Å². The summed E-state index contributed by atoms with van der Waals surface area (Å²) in [6.45, 7) is 0. The molecule has 4 heterocycles. The highest BCUT2D eigenvalue weighted by atomic mass is 16.5. The number of pyridine rings is 3. The Morgan fingerprint density at radius 3 is 2.47 bits per heavy atom. The third-order valence-corrected chi connectivity index (χ3v) is 6.55. The molecule has 0 bridgehead atoms. The van der Waals surface area contributed by atoms with Crippen LogP contribution in [-0.2, 0) is 7.05 Å². The lowest BCUT2D eigenvalue weighted by molar-refractivity contribution is 0.400. The number of nitriles is 1. The summed E-state index contributed by atoms with van der Waals surface area (Å²) in [7, 11) is 3.41. The van der Waals surface area contributed by atoms with E-state index in [1.54, 1.807) is 18.6 Å². The summed E-state index contributed by atoms with van der Waals surface area (Å²) in [5.74, 6) is 0.382. The van der Waals surface area contributed by atoms with Crippen LogP contribution in [0, 0.1) is 11.5 Å². The average Bonchev–Trinajstić information content (AvgIpc) is 3.25. The van der Waals surface area contributed by atoms with E-state index >= 15 is 0 Å². The predicted molar refractivity (Wildman–Crippen MR) is 146 cm³/mol. The van der Waals surface area contributed by atoms with Crippen LogP contribution in [0.5, 0.6) is 5.88 Å². The largest absolute Gasteiger partial charge is 0.480 e. The molecule has 184 valence electrons. The molecule has 9 heteroatoms. The Labute approximate surface area is 217 Å². The predicted octanol–water partition coefficient (Wildman–Crippen LogP) is 4.61. The maximum atomic E-state index is 9.54. The highest BCUT2D eigenvalue weighted by Crippen LogP contribution is 2.32. The first kappa shape index (κ1) is 22.9. The smallest absolute Gasteiger partial charge is 0.236 e. The molecule has 0 radical (unpaired) electrons. The normalized spacial score (nSPS) is 11.7. The van der Waals surface area contributed by atoms with Gasteiger partial charge in [0.1, 0.15) is 0 Å². The van der Waals surface area contributed by atoms with E-state index in [1.807, 2.05) is 83.2 Å². The fraction of sp³-hybridized carbons (Fsp3) is 0.0690. The van der Waals surface area contributed by atoms with Gasteiger partial charge in [0, 0.05) is 36.0 Å². The van der Waals surface area contributed by atoms with Crippen LogP contribution >= 0.6 is 0 Å². The summed E-state index contributed by atoms with van der Waals surface area (Å²) in [5.41, 5.74) is 14.1. The van der Waals surface area contributed by atoms with Crippen LogP contribution in [0.2, 0.25) is 0 Å². The van der Waals surface area contributed by atoms with E-state index in [9.17, 15) is 5.26 Å². The molecule has 0 atom stereocenters. The van der Waals surface area contributed by atoms with Crippen LogP contribution < -0.4 is 16.1 Å². The maximum Gasteiger partial charge on any atom is 0.236 e. The molecular formula is C29H22N8O. The minimum Gasteiger partial charge on any atom is -0.480 e. The number of anilines is 1. The second kappa shape index (κ2) is 9.19. The van der Waals surface area contributed by atoms with E-state index in [0.717, 1.165) is 49.9 Å². The average molecular weight is 499 g/mol. The number of aromatic nitrogens is 5. The highest BCUT2D eigenvalue weighted by molar-refractivity contribution is 6.04. The lowest BCUT2D eigenvalue weighted by Crippen LogP contribution is -2.23. The first-order valence-corrected chi connectivity index (χ1v) is 11.8. The fourth-order valence-corrected chi connectivity index (χ4v) is 4.74. The lowest BCUT2D eigenvalue weighted by Gasteiger charge is -2.10. The first-order chi connectivity index (χ1) is 18.6. The number of benzene rings is 2. The summed E-state index contributed by atoms with van der Waals surface area (Å²) in [6, 6.07) is 19.9. The van der Waals surface area contributed by atoms with Crippen molar-refractivity contribution < 1.29 is 4.74 Å². The van der Waals surface area contributed by atoms with Crippen molar-refractivity contribution in [2.24, 2.45) is 12.0 Å². The summed E-state index contributed by atoms with van der Waals surface area (Å²) in [4.78, 5) is 17.7. The molecule has 4 aromatic heterocycles. The number of rotatable bonds is 4. The summed E-state index contributed by atoms with van der Waals surface area (Å²) < 4.78 is 9.03. The quantitative estimate of drug-likeness (QED) is 0.354. The van der Waals surface area contributed by atoms with E-state index in [-0.39, 0.29) is 0 Å². The molecular weight excluding hydrogens is 476 g/mol. The van der Waals surface area contributed by atoms with Gasteiger partial charge in [0.15, 0.2) is 0 Å². The molecule has 0 fully saturated rings. The molecule has 2 N–H and O–H groups in total. The Kier molecular flexibility index (Phi) is 5.55. The monoisotopic (exact) mass is 498 g/mol. The van der Waals surface area contributed by atoms with E-state index < -0.39 is 0 Å². The van der Waals surface area contributed by atoms with Gasteiger partial charge in [-0.1, -0.05) is 36.4 Å². The Morgan fingerprint density at radius 1 is 0.895 bits per heavy atom. The molecule has 0 spiro atoms. The number of nitrogens with two attached hydrogens (primary N) is 1. The van der Waals surface area contributed by atoms with Gasteiger partial charge < -0.3 is 15.0 Å². The van der Waals surface area contributed by atoms with E-state index in [0.29, 0.717) is 17.2 Å². The van der Waals surface area contributed by atoms with E-state index in [4.69, 9.17) is 10.5 Å². The van der Waals surface area contributed by atoms with Gasteiger partial charge in [0.2, 0.25) is 17.7 Å². The molecule has 0 amide bonds. The summed E-state index contributed by atoms with van der Waals surface area (Å²) in [6.07, 6.45) is 9.07. The molecule has 2 aromatic carbocycles. The zero-order valence-corrected chi connectivity index (χ0v) is 20.7. The minimum absolute atomic E-state index is 0.382. The molecule has 6 aromatic rings. The SMILES string of the molecule is COc1ncc(-c2ccc3ncc4c(c3c2)n(-c2cncc(-c3ccccc3)c2)/c(=N\C#N)n4C)cc1N. The number of fused-ring (bicyclic) bond motifs is 3. The molecule has 0 aliphatic heterocycles. The molecule has 6 rings (SSSR count). The van der Waals surface area contributed by atoms with Gasteiger partial charge >= 0.3 is 0 Å². The topological polar surface area (TPSA) is 120 Å². The minimum atomic E-state index is 0.382. The Hall–Kier alpha value is -5.49. The van der Waals surface area contributed by atoms with E-state index in [2.05, 4.69) is 26.0 Å². The molecule has 9 nitrogen and oxygen atoms in total. The molecule has 0 aliphatic carbocycles. The number of hydrogen-bond donors (Lipinski definition) is 1. The number of hydrogen-bond acceptors (Lipinski definition) is 7. The van der Waals surface area contributed by atoms with Crippen LogP contribution in [-0.4, -0.2) is 31.2 Å². The number of imidazole rings is 1. The highest BCUT2D eigenvalue weighted by Gasteiger charge is 2.17.